The molecule has 1 atom stereocenters. The van der Waals surface area contributed by atoms with Crippen molar-refractivity contribution in [1.82, 2.24) is 29.4 Å². The number of amides is 1. The molecule has 2 aromatic carbocycles. The molecule has 0 N–H and O–H groups in total. The first-order chi connectivity index (χ1) is 14.7. The van der Waals surface area contributed by atoms with Gasteiger partial charge in [0.15, 0.2) is 0 Å². The average Bonchev–Trinajstić information content (AvgIpc) is 3.46. The van der Waals surface area contributed by atoms with Crippen LogP contribution in [0.25, 0.3) is 22.2 Å². The second-order valence-electron chi connectivity index (χ2n) is 7.43. The van der Waals surface area contributed by atoms with Crippen molar-refractivity contribution in [2.75, 3.05) is 13.1 Å². The van der Waals surface area contributed by atoms with E-state index in [1.54, 1.807) is 23.1 Å². The van der Waals surface area contributed by atoms with Gasteiger partial charge >= 0.3 is 0 Å². The quantitative estimate of drug-likeness (QED) is 0.524. The minimum Gasteiger partial charge on any atom is -0.339 e. The van der Waals surface area contributed by atoms with E-state index in [0.29, 0.717) is 24.0 Å². The van der Waals surface area contributed by atoms with Crippen LogP contribution in [0.5, 0.6) is 0 Å². The van der Waals surface area contributed by atoms with Crippen molar-refractivity contribution in [2.24, 2.45) is 0 Å². The van der Waals surface area contributed by atoms with E-state index in [1.807, 2.05) is 47.3 Å². The third kappa shape index (κ3) is 3.36. The van der Waals surface area contributed by atoms with Gasteiger partial charge in [-0.05, 0) is 18.6 Å². The Labute approximate surface area is 172 Å². The summed E-state index contributed by atoms with van der Waals surface area (Å²) in [5.41, 5.74) is 2.26. The topological polar surface area (TPSA) is 85.9 Å². The molecule has 1 saturated heterocycles. The van der Waals surface area contributed by atoms with Crippen LogP contribution in [0.1, 0.15) is 12.5 Å². The van der Waals surface area contributed by atoms with Gasteiger partial charge in [0.1, 0.15) is 12.2 Å². The molecule has 4 aromatic rings. The van der Waals surface area contributed by atoms with Gasteiger partial charge in [0.05, 0.1) is 29.5 Å². The summed E-state index contributed by atoms with van der Waals surface area (Å²) in [4.78, 5) is 31.5. The van der Waals surface area contributed by atoms with Gasteiger partial charge in [-0.2, -0.15) is 0 Å². The normalized spacial score (nSPS) is 16.3. The summed E-state index contributed by atoms with van der Waals surface area (Å²) in [6, 6.07) is 17.1. The largest absolute Gasteiger partial charge is 0.339 e. The van der Waals surface area contributed by atoms with Crippen molar-refractivity contribution in [2.45, 2.75) is 19.0 Å². The summed E-state index contributed by atoms with van der Waals surface area (Å²) in [5, 5.41) is 9.05. The Morgan fingerprint density at radius 1 is 1.07 bits per heavy atom. The van der Waals surface area contributed by atoms with Crippen molar-refractivity contribution in [1.29, 1.82) is 0 Å². The lowest BCUT2D eigenvalue weighted by atomic mass is 10.2. The summed E-state index contributed by atoms with van der Waals surface area (Å²) in [5.74, 6) is -0.0971. The van der Waals surface area contributed by atoms with Crippen molar-refractivity contribution in [3.8, 4) is 11.3 Å². The van der Waals surface area contributed by atoms with Gasteiger partial charge in [0.2, 0.25) is 5.91 Å². The van der Waals surface area contributed by atoms with E-state index in [0.717, 1.165) is 17.7 Å². The molecule has 1 aliphatic rings. The number of aromatic nitrogens is 5. The van der Waals surface area contributed by atoms with Crippen LogP contribution in [0.4, 0.5) is 0 Å². The fourth-order valence-corrected chi connectivity index (χ4v) is 3.85. The molecule has 0 saturated carbocycles. The molecular formula is C22H20N6O2. The molecule has 1 aliphatic heterocycles. The molecule has 2 aromatic heterocycles. The monoisotopic (exact) mass is 400 g/mol. The lowest BCUT2D eigenvalue weighted by Crippen LogP contribution is -2.35. The minimum absolute atomic E-state index is 0.0178. The van der Waals surface area contributed by atoms with E-state index in [-0.39, 0.29) is 24.1 Å². The number of hydrogen-bond acceptors (Lipinski definition) is 5. The number of fused-ring (bicyclic) bond motifs is 1. The van der Waals surface area contributed by atoms with E-state index < -0.39 is 0 Å². The highest BCUT2D eigenvalue weighted by Crippen LogP contribution is 2.23. The molecule has 1 amide bonds. The number of carbonyl (C=O) groups is 1. The molecule has 0 radical (unpaired) electrons. The van der Waals surface area contributed by atoms with Gasteiger partial charge in [0, 0.05) is 18.7 Å². The number of benzene rings is 2. The number of carbonyl (C=O) groups excluding carboxylic acids is 1. The fraction of sp³-hybridized carbons (Fsp3) is 0.227. The maximum absolute atomic E-state index is 12.8. The lowest BCUT2D eigenvalue weighted by molar-refractivity contribution is -0.130. The van der Waals surface area contributed by atoms with E-state index in [9.17, 15) is 9.59 Å². The molecule has 0 bridgehead atoms. The van der Waals surface area contributed by atoms with Crippen molar-refractivity contribution >= 4 is 16.8 Å². The lowest BCUT2D eigenvalue weighted by Gasteiger charge is -2.17. The smallest absolute Gasteiger partial charge is 0.261 e. The zero-order chi connectivity index (χ0) is 20.5. The number of hydrogen-bond donors (Lipinski definition) is 0. The predicted octanol–water partition coefficient (Wildman–Crippen LogP) is 2.13. The highest BCUT2D eigenvalue weighted by molar-refractivity contribution is 5.79. The zero-order valence-electron chi connectivity index (χ0n) is 16.3. The standard InChI is InChI=1S/C22H20N6O2/c29-21(14-27-15-23-19-9-5-4-8-18(19)22(27)30)26-11-10-17(12-26)28-13-20(24-25-28)16-6-2-1-3-7-16/h1-9,13,15,17H,10-12,14H2. The van der Waals surface area contributed by atoms with Gasteiger partial charge in [-0.15, -0.1) is 5.10 Å². The van der Waals surface area contributed by atoms with Crippen LogP contribution in [0, 0.1) is 0 Å². The molecule has 150 valence electrons. The van der Waals surface area contributed by atoms with Gasteiger partial charge in [-0.1, -0.05) is 47.7 Å². The van der Waals surface area contributed by atoms with E-state index in [1.165, 1.54) is 10.9 Å². The first-order valence-corrected chi connectivity index (χ1v) is 9.88. The van der Waals surface area contributed by atoms with Gasteiger partial charge < -0.3 is 4.90 Å². The van der Waals surface area contributed by atoms with E-state index in [2.05, 4.69) is 15.3 Å². The highest BCUT2D eigenvalue weighted by atomic mass is 16.2. The van der Waals surface area contributed by atoms with Gasteiger partial charge in [-0.3, -0.25) is 14.2 Å². The van der Waals surface area contributed by atoms with Crippen LogP contribution in [-0.2, 0) is 11.3 Å². The Morgan fingerprint density at radius 3 is 2.73 bits per heavy atom. The van der Waals surface area contributed by atoms with Gasteiger partial charge in [-0.25, -0.2) is 9.67 Å². The molecule has 30 heavy (non-hydrogen) atoms. The van der Waals surface area contributed by atoms with Crippen molar-refractivity contribution < 1.29 is 4.79 Å². The third-order valence-electron chi connectivity index (χ3n) is 5.51. The molecule has 5 rings (SSSR count). The molecule has 8 heteroatoms. The SMILES string of the molecule is O=C(Cn1cnc2ccccc2c1=O)N1CCC(n2cc(-c3ccccc3)nn2)C1. The summed E-state index contributed by atoms with van der Waals surface area (Å²) in [6.45, 7) is 1.15. The highest BCUT2D eigenvalue weighted by Gasteiger charge is 2.28. The van der Waals surface area contributed by atoms with E-state index in [4.69, 9.17) is 0 Å². The maximum atomic E-state index is 12.8. The van der Waals surface area contributed by atoms with Crippen LogP contribution in [0.15, 0.2) is 71.9 Å². The Hall–Kier alpha value is -3.81. The Morgan fingerprint density at radius 2 is 1.87 bits per heavy atom. The fourth-order valence-electron chi connectivity index (χ4n) is 3.85. The molecule has 1 fully saturated rings. The first-order valence-electron chi connectivity index (χ1n) is 9.88. The Balaban J connectivity index is 1.28. The third-order valence-corrected chi connectivity index (χ3v) is 5.51. The number of nitrogens with zero attached hydrogens (tertiary/aromatic N) is 6. The predicted molar refractivity (Wildman–Crippen MR) is 112 cm³/mol. The van der Waals surface area contributed by atoms with Crippen molar-refractivity contribution in [3.63, 3.8) is 0 Å². The molecule has 0 spiro atoms. The van der Waals surface area contributed by atoms with Gasteiger partial charge in [0.25, 0.3) is 5.56 Å². The summed E-state index contributed by atoms with van der Waals surface area (Å²) in [7, 11) is 0. The zero-order valence-corrected chi connectivity index (χ0v) is 16.3. The molecule has 8 nitrogen and oxygen atoms in total. The number of para-hydroxylation sites is 1. The van der Waals surface area contributed by atoms with Crippen LogP contribution >= 0.6 is 0 Å². The Kier molecular flexibility index (Phi) is 4.59. The average molecular weight is 400 g/mol. The molecule has 1 unspecified atom stereocenters. The van der Waals surface area contributed by atoms with Crippen LogP contribution < -0.4 is 5.56 Å². The number of likely N-dealkylation sites (tertiary alicyclic amines) is 1. The first kappa shape index (κ1) is 18.2. The molecular weight excluding hydrogens is 380 g/mol. The van der Waals surface area contributed by atoms with Crippen LogP contribution in [-0.4, -0.2) is 48.4 Å². The molecule has 3 heterocycles. The Bertz CT molecular complexity index is 1260. The summed E-state index contributed by atoms with van der Waals surface area (Å²) in [6.07, 6.45) is 4.17. The maximum Gasteiger partial charge on any atom is 0.261 e. The summed E-state index contributed by atoms with van der Waals surface area (Å²) >= 11 is 0. The van der Waals surface area contributed by atoms with Crippen LogP contribution in [0.2, 0.25) is 0 Å². The van der Waals surface area contributed by atoms with E-state index >= 15 is 0 Å². The second kappa shape index (κ2) is 7.55. The minimum atomic E-state index is -0.200. The van der Waals surface area contributed by atoms with Crippen molar-refractivity contribution in [3.05, 3.63) is 77.5 Å². The molecule has 0 aliphatic carbocycles. The summed E-state index contributed by atoms with van der Waals surface area (Å²) < 4.78 is 3.21. The number of rotatable bonds is 4. The van der Waals surface area contributed by atoms with Crippen LogP contribution in [0.3, 0.4) is 0 Å². The second-order valence-corrected chi connectivity index (χ2v) is 7.43.